The molecule has 3 aliphatic rings. The van der Waals surface area contributed by atoms with E-state index < -0.39 is 35.0 Å². The van der Waals surface area contributed by atoms with Gasteiger partial charge in [-0.15, -0.1) is 5.10 Å². The van der Waals surface area contributed by atoms with Crippen molar-refractivity contribution in [3.8, 4) is 6.07 Å². The maximum absolute atomic E-state index is 14.1. The van der Waals surface area contributed by atoms with Gasteiger partial charge < -0.3 is 9.84 Å². The minimum Gasteiger partial charge on any atom is -0.390 e. The van der Waals surface area contributed by atoms with Crippen molar-refractivity contribution in [1.82, 2.24) is 15.0 Å². The Morgan fingerprint density at radius 3 is 2.68 bits per heavy atom. The lowest BCUT2D eigenvalue weighted by Gasteiger charge is -2.33. The zero-order chi connectivity index (χ0) is 26.4. The second-order valence-corrected chi connectivity index (χ2v) is 11.0. The first-order valence-electron chi connectivity index (χ1n) is 12.4. The zero-order valence-corrected chi connectivity index (χ0v) is 21.1. The van der Waals surface area contributed by atoms with E-state index in [1.165, 1.54) is 4.90 Å². The smallest absolute Gasteiger partial charge is 0.240 e. The molecule has 2 amide bonds. The highest BCUT2D eigenvalue weighted by molar-refractivity contribution is 6.31. The minimum atomic E-state index is -1.19. The van der Waals surface area contributed by atoms with E-state index in [9.17, 15) is 20.0 Å². The molecule has 0 spiro atoms. The molecule has 3 fully saturated rings. The number of amides is 2. The molecule has 38 heavy (non-hydrogen) atoms. The summed E-state index contributed by atoms with van der Waals surface area (Å²) in [6.07, 6.45) is -0.314. The predicted octanol–water partition coefficient (Wildman–Crippen LogP) is 3.60. The van der Waals surface area contributed by atoms with Gasteiger partial charge in [-0.3, -0.25) is 9.59 Å². The molecular formula is C28H22ClN5O4. The Balaban J connectivity index is 1.29. The number of nitrogens with zero attached hydrogens (tertiary/aromatic N) is 5. The molecule has 3 aromatic carbocycles. The van der Waals surface area contributed by atoms with E-state index in [1.807, 2.05) is 12.1 Å². The van der Waals surface area contributed by atoms with Crippen LogP contribution in [0, 0.1) is 23.2 Å². The maximum atomic E-state index is 14.1. The Morgan fingerprint density at radius 2 is 1.89 bits per heavy atom. The van der Waals surface area contributed by atoms with Crippen LogP contribution in [0.4, 0.5) is 5.69 Å². The SMILES string of the molecule is C[C@]12O[C@](CCn3nnc4ccc(Cl)cc43)(C[C@@H]1O)[C@H]1C(=O)N(c3ccc(C#N)c4ccccc34)C(=O)[C@H]12. The molecule has 3 saturated heterocycles. The number of aryl methyl sites for hydroxylation is 1. The van der Waals surface area contributed by atoms with E-state index in [2.05, 4.69) is 16.4 Å². The van der Waals surface area contributed by atoms with Gasteiger partial charge in [-0.1, -0.05) is 41.1 Å². The zero-order valence-electron chi connectivity index (χ0n) is 20.3. The summed E-state index contributed by atoms with van der Waals surface area (Å²) < 4.78 is 8.17. The monoisotopic (exact) mass is 527 g/mol. The van der Waals surface area contributed by atoms with Crippen LogP contribution in [0.25, 0.3) is 21.8 Å². The van der Waals surface area contributed by atoms with E-state index in [1.54, 1.807) is 54.1 Å². The third-order valence-electron chi connectivity index (χ3n) is 8.60. The van der Waals surface area contributed by atoms with Crippen LogP contribution in [-0.2, 0) is 20.9 Å². The van der Waals surface area contributed by atoms with Gasteiger partial charge in [0.1, 0.15) is 11.1 Å². The second-order valence-electron chi connectivity index (χ2n) is 10.5. The molecule has 7 rings (SSSR count). The first-order chi connectivity index (χ1) is 18.3. The van der Waals surface area contributed by atoms with Gasteiger partial charge in [0, 0.05) is 28.8 Å². The number of aliphatic hydroxyl groups excluding tert-OH is 1. The van der Waals surface area contributed by atoms with Crippen LogP contribution in [0.3, 0.4) is 0 Å². The van der Waals surface area contributed by atoms with Crippen molar-refractivity contribution < 1.29 is 19.4 Å². The maximum Gasteiger partial charge on any atom is 0.240 e. The van der Waals surface area contributed by atoms with Crippen molar-refractivity contribution in [2.75, 3.05) is 4.90 Å². The van der Waals surface area contributed by atoms with Crippen molar-refractivity contribution in [2.45, 2.75) is 43.6 Å². The number of aliphatic hydroxyl groups is 1. The lowest BCUT2D eigenvalue weighted by Crippen LogP contribution is -2.49. The number of carbonyl (C=O) groups is 2. The number of imide groups is 1. The van der Waals surface area contributed by atoms with E-state index in [4.69, 9.17) is 16.3 Å². The summed E-state index contributed by atoms with van der Waals surface area (Å²) in [6.45, 7) is 2.09. The van der Waals surface area contributed by atoms with Gasteiger partial charge in [0.25, 0.3) is 0 Å². The third-order valence-corrected chi connectivity index (χ3v) is 8.83. The molecule has 0 radical (unpaired) electrons. The summed E-state index contributed by atoms with van der Waals surface area (Å²) in [5.74, 6) is -2.32. The standard InChI is InChI=1S/C28H22ClN5O4/c1-27-22(35)13-28(38-27,10-11-33-21-12-16(29)7-8-19(21)31-32-33)24-23(27)25(36)34(26(24)37)20-9-6-15(14-30)17-4-2-3-5-18(17)20/h2-9,12,22-24,35H,10-11,13H2,1H3/t22-,23-,24+,27-,28+/m0/s1. The normalized spacial score (nSPS) is 29.9. The van der Waals surface area contributed by atoms with Gasteiger partial charge in [-0.2, -0.15) is 5.26 Å². The summed E-state index contributed by atoms with van der Waals surface area (Å²) in [6, 6.07) is 18.0. The van der Waals surface area contributed by atoms with Crippen LogP contribution in [0.5, 0.6) is 0 Å². The van der Waals surface area contributed by atoms with Crippen molar-refractivity contribution in [2.24, 2.45) is 11.8 Å². The molecule has 190 valence electrons. The second kappa shape index (κ2) is 7.84. The van der Waals surface area contributed by atoms with E-state index in [-0.39, 0.29) is 12.3 Å². The van der Waals surface area contributed by atoms with Crippen molar-refractivity contribution in [3.63, 3.8) is 0 Å². The number of benzene rings is 3. The van der Waals surface area contributed by atoms with Crippen LogP contribution in [0.15, 0.2) is 54.6 Å². The molecule has 4 heterocycles. The fourth-order valence-electron chi connectivity index (χ4n) is 6.84. The van der Waals surface area contributed by atoms with Crippen LogP contribution in [0.1, 0.15) is 25.3 Å². The number of rotatable bonds is 4. The molecular weight excluding hydrogens is 506 g/mol. The summed E-state index contributed by atoms with van der Waals surface area (Å²) in [7, 11) is 0. The fourth-order valence-corrected chi connectivity index (χ4v) is 7.00. The van der Waals surface area contributed by atoms with Crippen LogP contribution < -0.4 is 4.90 Å². The van der Waals surface area contributed by atoms with Crippen LogP contribution in [-0.4, -0.2) is 49.2 Å². The molecule has 3 aliphatic heterocycles. The number of nitriles is 1. The number of aromatic nitrogens is 3. The van der Waals surface area contributed by atoms with Crippen molar-refractivity contribution >= 4 is 50.9 Å². The number of ether oxygens (including phenoxy) is 1. The molecule has 9 nitrogen and oxygen atoms in total. The Morgan fingerprint density at radius 1 is 1.13 bits per heavy atom. The van der Waals surface area contributed by atoms with Crippen molar-refractivity contribution in [1.29, 1.82) is 5.26 Å². The molecule has 10 heteroatoms. The first-order valence-corrected chi connectivity index (χ1v) is 12.8. The number of hydrogen-bond donors (Lipinski definition) is 1. The Labute approximate surface area is 222 Å². The van der Waals surface area contributed by atoms with Gasteiger partial charge in [0.2, 0.25) is 11.8 Å². The van der Waals surface area contributed by atoms with Gasteiger partial charge in [-0.25, -0.2) is 9.58 Å². The lowest BCUT2D eigenvalue weighted by molar-refractivity contribution is -0.133. The van der Waals surface area contributed by atoms with E-state index in [0.717, 1.165) is 5.52 Å². The average molecular weight is 528 g/mol. The highest BCUT2D eigenvalue weighted by Crippen LogP contribution is 2.62. The molecule has 4 aromatic rings. The molecule has 1 aromatic heterocycles. The molecule has 0 unspecified atom stereocenters. The predicted molar refractivity (Wildman–Crippen MR) is 138 cm³/mol. The average Bonchev–Trinajstić information content (AvgIpc) is 3.59. The Kier molecular flexibility index (Phi) is 4.80. The minimum absolute atomic E-state index is 0.235. The molecule has 0 saturated carbocycles. The van der Waals surface area contributed by atoms with Gasteiger partial charge >= 0.3 is 0 Å². The van der Waals surface area contributed by atoms with Gasteiger partial charge in [-0.05, 0) is 43.7 Å². The number of halogens is 1. The first kappa shape index (κ1) is 23.3. The number of fused-ring (bicyclic) bond motifs is 7. The number of hydrogen-bond acceptors (Lipinski definition) is 7. The van der Waals surface area contributed by atoms with Crippen LogP contribution >= 0.6 is 11.6 Å². The third kappa shape index (κ3) is 2.93. The van der Waals surface area contributed by atoms with Crippen LogP contribution in [0.2, 0.25) is 5.02 Å². The van der Waals surface area contributed by atoms with E-state index >= 15 is 0 Å². The fraction of sp³-hybridized carbons (Fsp3) is 0.321. The number of carbonyl (C=O) groups excluding carboxylic acids is 2. The molecule has 1 N–H and O–H groups in total. The molecule has 0 aliphatic carbocycles. The number of anilines is 1. The summed E-state index contributed by atoms with van der Waals surface area (Å²) >= 11 is 6.18. The summed E-state index contributed by atoms with van der Waals surface area (Å²) in [4.78, 5) is 29.2. The topological polar surface area (TPSA) is 121 Å². The van der Waals surface area contributed by atoms with Gasteiger partial charge in [0.05, 0.1) is 46.4 Å². The summed E-state index contributed by atoms with van der Waals surface area (Å²) in [5, 5.41) is 30.9. The quantitative estimate of drug-likeness (QED) is 0.402. The van der Waals surface area contributed by atoms with Gasteiger partial charge in [0.15, 0.2) is 0 Å². The lowest BCUT2D eigenvalue weighted by atomic mass is 9.66. The van der Waals surface area contributed by atoms with E-state index in [0.29, 0.717) is 45.5 Å². The highest BCUT2D eigenvalue weighted by Gasteiger charge is 2.77. The Hall–Kier alpha value is -3.84. The largest absolute Gasteiger partial charge is 0.390 e. The Bertz CT molecular complexity index is 1730. The summed E-state index contributed by atoms with van der Waals surface area (Å²) in [5.41, 5.74) is 0.116. The van der Waals surface area contributed by atoms with Crippen molar-refractivity contribution in [3.05, 3.63) is 65.2 Å². The highest BCUT2D eigenvalue weighted by atomic mass is 35.5. The molecule has 2 bridgehead atoms. The molecule has 5 atom stereocenters.